The minimum absolute atomic E-state index is 0.145. The summed E-state index contributed by atoms with van der Waals surface area (Å²) in [4.78, 5) is 0. The fourth-order valence-corrected chi connectivity index (χ4v) is 3.46. The smallest absolute Gasteiger partial charge is 0.236 e. The third-order valence-corrected chi connectivity index (χ3v) is 4.85. The molecule has 1 saturated carbocycles. The Labute approximate surface area is 138 Å². The molecule has 1 aromatic heterocycles. The van der Waals surface area contributed by atoms with E-state index >= 15 is 0 Å². The number of hydrogen-bond acceptors (Lipinski definition) is 4. The van der Waals surface area contributed by atoms with E-state index in [0.29, 0.717) is 27.2 Å². The Bertz CT molecular complexity index is 937. The number of guanidine groups is 1. The van der Waals surface area contributed by atoms with Crippen LogP contribution in [0.1, 0.15) is 18.4 Å². The zero-order chi connectivity index (χ0) is 16.8. The Hall–Kier alpha value is -2.06. The molecule has 1 aliphatic rings. The summed E-state index contributed by atoms with van der Waals surface area (Å²) >= 11 is 6.08. The van der Waals surface area contributed by atoms with Crippen LogP contribution in [0.4, 0.5) is 0 Å². The van der Waals surface area contributed by atoms with Gasteiger partial charge < -0.3 is 11.5 Å². The van der Waals surface area contributed by atoms with Crippen LogP contribution in [0.15, 0.2) is 34.6 Å². The summed E-state index contributed by atoms with van der Waals surface area (Å²) < 4.78 is 25.3. The van der Waals surface area contributed by atoms with Gasteiger partial charge in [-0.25, -0.2) is 12.4 Å². The average Bonchev–Trinajstić information content (AvgIpc) is 3.19. The molecule has 3 rings (SSSR count). The van der Waals surface area contributed by atoms with Crippen molar-refractivity contribution in [3.63, 3.8) is 0 Å². The van der Waals surface area contributed by atoms with Crippen LogP contribution in [0.2, 0.25) is 5.02 Å². The highest BCUT2D eigenvalue weighted by atomic mass is 35.5. The van der Waals surface area contributed by atoms with Crippen LogP contribution in [0.3, 0.4) is 0 Å². The standard InChI is InChI=1S/C14H16ClN5O2S/c1-23(21,22)20-7-11(10-6-9(15)4-5-12(10)20)13(8-2-3-8)18-19-14(16)17/h4-8H,2-3H2,1H3,(H4,16,17,19)/b18-13-. The van der Waals surface area contributed by atoms with Crippen LogP contribution in [-0.2, 0) is 10.0 Å². The fraction of sp³-hybridized carbons (Fsp3) is 0.286. The summed E-state index contributed by atoms with van der Waals surface area (Å²) in [7, 11) is -3.46. The Balaban J connectivity index is 2.30. The van der Waals surface area contributed by atoms with E-state index in [1.165, 1.54) is 3.97 Å². The van der Waals surface area contributed by atoms with Gasteiger partial charge >= 0.3 is 0 Å². The molecule has 4 N–H and O–H groups in total. The highest BCUT2D eigenvalue weighted by Crippen LogP contribution is 2.37. The first-order valence-corrected chi connectivity index (χ1v) is 9.18. The van der Waals surface area contributed by atoms with Crippen molar-refractivity contribution < 1.29 is 8.42 Å². The molecule has 0 spiro atoms. The minimum atomic E-state index is -3.46. The molecule has 1 fully saturated rings. The zero-order valence-electron chi connectivity index (χ0n) is 12.4. The van der Waals surface area contributed by atoms with Gasteiger partial charge in [-0.1, -0.05) is 11.6 Å². The van der Waals surface area contributed by atoms with E-state index in [4.69, 9.17) is 23.1 Å². The first-order valence-electron chi connectivity index (χ1n) is 6.95. The van der Waals surface area contributed by atoms with Crippen LogP contribution < -0.4 is 11.5 Å². The maximum absolute atomic E-state index is 12.0. The topological polar surface area (TPSA) is 116 Å². The van der Waals surface area contributed by atoms with Gasteiger partial charge in [0.15, 0.2) is 0 Å². The van der Waals surface area contributed by atoms with Crippen LogP contribution in [-0.4, -0.2) is 30.3 Å². The molecule has 9 heteroatoms. The van der Waals surface area contributed by atoms with Gasteiger partial charge in [0.05, 0.1) is 17.5 Å². The van der Waals surface area contributed by atoms with Gasteiger partial charge in [0.1, 0.15) is 0 Å². The van der Waals surface area contributed by atoms with Gasteiger partial charge in [0.2, 0.25) is 16.0 Å². The summed E-state index contributed by atoms with van der Waals surface area (Å²) in [6, 6.07) is 5.05. The Morgan fingerprint density at radius 1 is 1.30 bits per heavy atom. The second-order valence-electron chi connectivity index (χ2n) is 5.55. The second kappa shape index (κ2) is 5.54. The lowest BCUT2D eigenvalue weighted by Crippen LogP contribution is -2.22. The van der Waals surface area contributed by atoms with E-state index in [1.807, 2.05) is 0 Å². The molecule has 23 heavy (non-hydrogen) atoms. The first kappa shape index (κ1) is 15.8. The minimum Gasteiger partial charge on any atom is -0.369 e. The molecular weight excluding hydrogens is 338 g/mol. The lowest BCUT2D eigenvalue weighted by atomic mass is 10.1. The van der Waals surface area contributed by atoms with Crippen LogP contribution in [0.5, 0.6) is 0 Å². The quantitative estimate of drug-likeness (QED) is 0.492. The third-order valence-electron chi connectivity index (χ3n) is 3.60. The van der Waals surface area contributed by atoms with Crippen molar-refractivity contribution in [2.24, 2.45) is 27.6 Å². The summed E-state index contributed by atoms with van der Waals surface area (Å²) in [6.07, 6.45) is 4.63. The molecule has 122 valence electrons. The van der Waals surface area contributed by atoms with E-state index in [0.717, 1.165) is 19.1 Å². The highest BCUT2D eigenvalue weighted by molar-refractivity contribution is 7.89. The molecule has 1 aromatic carbocycles. The molecule has 0 atom stereocenters. The molecule has 7 nitrogen and oxygen atoms in total. The van der Waals surface area contributed by atoms with Crippen molar-refractivity contribution in [1.29, 1.82) is 0 Å². The summed E-state index contributed by atoms with van der Waals surface area (Å²) in [5.74, 6) is 0.0729. The molecular formula is C14H16ClN5O2S. The van der Waals surface area contributed by atoms with Crippen molar-refractivity contribution in [3.05, 3.63) is 35.0 Å². The molecule has 0 bridgehead atoms. The fourth-order valence-electron chi connectivity index (χ4n) is 2.47. The number of nitrogens with two attached hydrogens (primary N) is 2. The molecule has 0 aliphatic heterocycles. The van der Waals surface area contributed by atoms with E-state index in [9.17, 15) is 8.42 Å². The van der Waals surface area contributed by atoms with Gasteiger partial charge in [0, 0.05) is 28.1 Å². The molecule has 0 saturated heterocycles. The predicted molar refractivity (Wildman–Crippen MR) is 92.3 cm³/mol. The Kier molecular flexibility index (Phi) is 3.81. The molecule has 0 amide bonds. The van der Waals surface area contributed by atoms with Crippen molar-refractivity contribution in [2.75, 3.05) is 6.26 Å². The number of halogens is 1. The SMILES string of the molecule is CS(=O)(=O)n1cc(/C(=N\N=C(N)N)C2CC2)c2cc(Cl)ccc21. The molecule has 1 heterocycles. The number of rotatable bonds is 4. The largest absolute Gasteiger partial charge is 0.369 e. The van der Waals surface area contributed by atoms with Crippen molar-refractivity contribution in [2.45, 2.75) is 12.8 Å². The predicted octanol–water partition coefficient (Wildman–Crippen LogP) is 1.49. The van der Waals surface area contributed by atoms with E-state index < -0.39 is 10.0 Å². The monoisotopic (exact) mass is 353 g/mol. The molecule has 0 radical (unpaired) electrons. The zero-order valence-corrected chi connectivity index (χ0v) is 14.0. The second-order valence-corrected chi connectivity index (χ2v) is 7.84. The van der Waals surface area contributed by atoms with Gasteiger partial charge in [-0.15, -0.1) is 5.10 Å². The highest BCUT2D eigenvalue weighted by Gasteiger charge is 2.31. The average molecular weight is 354 g/mol. The van der Waals surface area contributed by atoms with E-state index in [2.05, 4.69) is 10.2 Å². The maximum atomic E-state index is 12.0. The Morgan fingerprint density at radius 2 is 2.00 bits per heavy atom. The lowest BCUT2D eigenvalue weighted by molar-refractivity contribution is 0.595. The number of hydrogen-bond donors (Lipinski definition) is 2. The van der Waals surface area contributed by atoms with Crippen LogP contribution in [0, 0.1) is 5.92 Å². The van der Waals surface area contributed by atoms with Crippen molar-refractivity contribution in [1.82, 2.24) is 3.97 Å². The third kappa shape index (κ3) is 3.18. The summed E-state index contributed by atoms with van der Waals surface area (Å²) in [6.45, 7) is 0. The van der Waals surface area contributed by atoms with Gasteiger partial charge in [-0.3, -0.25) is 0 Å². The van der Waals surface area contributed by atoms with E-state index in [-0.39, 0.29) is 11.9 Å². The van der Waals surface area contributed by atoms with Gasteiger partial charge in [-0.05, 0) is 31.0 Å². The molecule has 1 aliphatic carbocycles. The van der Waals surface area contributed by atoms with Crippen molar-refractivity contribution >= 4 is 44.2 Å². The normalized spacial score (nSPS) is 15.8. The van der Waals surface area contributed by atoms with Crippen LogP contribution >= 0.6 is 11.6 Å². The molecule has 2 aromatic rings. The first-order chi connectivity index (χ1) is 10.8. The number of benzene rings is 1. The van der Waals surface area contributed by atoms with Crippen molar-refractivity contribution in [3.8, 4) is 0 Å². The summed E-state index contributed by atoms with van der Waals surface area (Å²) in [5.41, 5.74) is 12.6. The number of aromatic nitrogens is 1. The number of nitrogens with zero attached hydrogens (tertiary/aromatic N) is 3. The lowest BCUT2D eigenvalue weighted by Gasteiger charge is -2.02. The number of fused-ring (bicyclic) bond motifs is 1. The summed E-state index contributed by atoms with van der Waals surface area (Å²) in [5, 5.41) is 9.09. The van der Waals surface area contributed by atoms with Gasteiger partial charge in [-0.2, -0.15) is 5.10 Å². The van der Waals surface area contributed by atoms with Gasteiger partial charge in [0.25, 0.3) is 0 Å². The Morgan fingerprint density at radius 3 is 2.57 bits per heavy atom. The van der Waals surface area contributed by atoms with Crippen LogP contribution in [0.25, 0.3) is 10.9 Å². The van der Waals surface area contributed by atoms with E-state index in [1.54, 1.807) is 24.4 Å². The maximum Gasteiger partial charge on any atom is 0.236 e. The molecule has 0 unspecified atom stereocenters.